The molecule has 0 unspecified atom stereocenters. The van der Waals surface area contributed by atoms with E-state index < -0.39 is 11.7 Å². The van der Waals surface area contributed by atoms with Crippen LogP contribution in [0.2, 0.25) is 0 Å². The standard InChI is InChI=1S/C16H22BrF3S/c17-11-6-4-2-1-3-5-7-12-21-15-10-8-9-14(13-15)16(18,19)20/h8-10,13H,1-7,11-12H2. The van der Waals surface area contributed by atoms with Gasteiger partial charge in [0.05, 0.1) is 5.56 Å². The van der Waals surface area contributed by atoms with Crippen LogP contribution in [0.25, 0.3) is 0 Å². The molecule has 0 radical (unpaired) electrons. The molecule has 1 rings (SSSR count). The first-order valence-corrected chi connectivity index (χ1v) is 9.51. The van der Waals surface area contributed by atoms with Crippen molar-refractivity contribution in [1.82, 2.24) is 0 Å². The van der Waals surface area contributed by atoms with Crippen LogP contribution in [0.4, 0.5) is 13.2 Å². The van der Waals surface area contributed by atoms with Crippen LogP contribution < -0.4 is 0 Å². The normalized spacial score (nSPS) is 11.8. The van der Waals surface area contributed by atoms with Gasteiger partial charge in [-0.2, -0.15) is 13.2 Å². The van der Waals surface area contributed by atoms with Crippen LogP contribution in [0.15, 0.2) is 29.2 Å². The van der Waals surface area contributed by atoms with E-state index >= 15 is 0 Å². The first kappa shape index (κ1) is 18.9. The molecule has 0 amide bonds. The van der Waals surface area contributed by atoms with Gasteiger partial charge in [-0.15, -0.1) is 11.8 Å². The smallest absolute Gasteiger partial charge is 0.166 e. The molecule has 0 nitrogen and oxygen atoms in total. The number of rotatable bonds is 10. The average molecular weight is 383 g/mol. The Morgan fingerprint density at radius 2 is 1.52 bits per heavy atom. The van der Waals surface area contributed by atoms with E-state index in [1.54, 1.807) is 6.07 Å². The van der Waals surface area contributed by atoms with E-state index in [4.69, 9.17) is 0 Å². The third-order valence-corrected chi connectivity index (χ3v) is 4.85. The van der Waals surface area contributed by atoms with Crippen molar-refractivity contribution in [3.8, 4) is 0 Å². The maximum Gasteiger partial charge on any atom is 0.416 e. The van der Waals surface area contributed by atoms with Gasteiger partial charge in [-0.3, -0.25) is 0 Å². The number of hydrogen-bond donors (Lipinski definition) is 0. The molecule has 21 heavy (non-hydrogen) atoms. The molecule has 0 aliphatic rings. The van der Waals surface area contributed by atoms with Gasteiger partial charge in [0.25, 0.3) is 0 Å². The van der Waals surface area contributed by atoms with Crippen LogP contribution in [-0.2, 0) is 6.18 Å². The summed E-state index contributed by atoms with van der Waals surface area (Å²) in [6.45, 7) is 0. The maximum absolute atomic E-state index is 12.6. The summed E-state index contributed by atoms with van der Waals surface area (Å²) in [5, 5.41) is 1.08. The summed E-state index contributed by atoms with van der Waals surface area (Å²) in [7, 11) is 0. The quantitative estimate of drug-likeness (QED) is 0.240. The Kier molecular flexibility index (Phi) is 9.49. The number of benzene rings is 1. The lowest BCUT2D eigenvalue weighted by atomic mass is 10.1. The third kappa shape index (κ3) is 8.77. The van der Waals surface area contributed by atoms with E-state index in [9.17, 15) is 13.2 Å². The molecule has 0 atom stereocenters. The van der Waals surface area contributed by atoms with Crippen molar-refractivity contribution in [1.29, 1.82) is 0 Å². The maximum atomic E-state index is 12.6. The highest BCUT2D eigenvalue weighted by Crippen LogP contribution is 2.32. The number of alkyl halides is 4. The zero-order chi connectivity index (χ0) is 15.6. The Balaban J connectivity index is 2.13. The van der Waals surface area contributed by atoms with Crippen molar-refractivity contribution in [2.24, 2.45) is 0 Å². The lowest BCUT2D eigenvalue weighted by molar-refractivity contribution is -0.137. The SMILES string of the molecule is FC(F)(F)c1cccc(SCCCCCCCCCBr)c1. The van der Waals surface area contributed by atoms with E-state index in [1.165, 1.54) is 62.4 Å². The topological polar surface area (TPSA) is 0 Å². The van der Waals surface area contributed by atoms with E-state index in [2.05, 4.69) is 15.9 Å². The largest absolute Gasteiger partial charge is 0.416 e. The van der Waals surface area contributed by atoms with Crippen molar-refractivity contribution < 1.29 is 13.2 Å². The van der Waals surface area contributed by atoms with Gasteiger partial charge in [0.15, 0.2) is 0 Å². The highest BCUT2D eigenvalue weighted by Gasteiger charge is 2.30. The molecular formula is C16H22BrF3S. The molecule has 0 spiro atoms. The first-order chi connectivity index (χ1) is 10.0. The van der Waals surface area contributed by atoms with Gasteiger partial charge in [0.1, 0.15) is 0 Å². The van der Waals surface area contributed by atoms with Crippen LogP contribution >= 0.6 is 27.7 Å². The number of thioether (sulfide) groups is 1. The highest BCUT2D eigenvalue weighted by atomic mass is 79.9. The Hall–Kier alpha value is -0.160. The van der Waals surface area contributed by atoms with E-state index in [0.717, 1.165) is 23.6 Å². The van der Waals surface area contributed by atoms with Crippen LogP contribution in [0.1, 0.15) is 50.5 Å². The summed E-state index contributed by atoms with van der Waals surface area (Å²) in [5.74, 6) is 0.892. The zero-order valence-corrected chi connectivity index (χ0v) is 14.5. The van der Waals surface area contributed by atoms with Gasteiger partial charge in [-0.25, -0.2) is 0 Å². The molecule has 0 saturated heterocycles. The Morgan fingerprint density at radius 1 is 0.905 bits per heavy atom. The molecule has 0 aliphatic carbocycles. The molecule has 0 bridgehead atoms. The Morgan fingerprint density at radius 3 is 2.14 bits per heavy atom. The number of halogens is 4. The van der Waals surface area contributed by atoms with Crippen molar-refractivity contribution in [2.45, 2.75) is 56.0 Å². The molecule has 0 aromatic heterocycles. The Bertz CT molecular complexity index is 393. The lowest BCUT2D eigenvalue weighted by Crippen LogP contribution is -2.04. The number of unbranched alkanes of at least 4 members (excludes halogenated alkanes) is 6. The molecule has 0 fully saturated rings. The molecule has 1 aromatic carbocycles. The molecule has 0 saturated carbocycles. The second-order valence-electron chi connectivity index (χ2n) is 5.04. The number of hydrogen-bond acceptors (Lipinski definition) is 1. The predicted octanol–water partition coefficient (Wildman–Crippen LogP) is 6.92. The van der Waals surface area contributed by atoms with Crippen molar-refractivity contribution >= 4 is 27.7 Å². The van der Waals surface area contributed by atoms with Gasteiger partial charge in [-0.05, 0) is 36.8 Å². The molecular weight excluding hydrogens is 361 g/mol. The average Bonchev–Trinajstić information content (AvgIpc) is 2.45. The lowest BCUT2D eigenvalue weighted by Gasteiger charge is -2.08. The summed E-state index contributed by atoms with van der Waals surface area (Å²) >= 11 is 4.94. The van der Waals surface area contributed by atoms with Crippen molar-refractivity contribution in [2.75, 3.05) is 11.1 Å². The fraction of sp³-hybridized carbons (Fsp3) is 0.625. The summed E-state index contributed by atoms with van der Waals surface area (Å²) in [6, 6.07) is 5.59. The second-order valence-corrected chi connectivity index (χ2v) is 7.00. The zero-order valence-electron chi connectivity index (χ0n) is 12.1. The van der Waals surface area contributed by atoms with E-state index in [-0.39, 0.29) is 0 Å². The Labute approximate surface area is 138 Å². The molecule has 5 heteroatoms. The fourth-order valence-corrected chi connectivity index (χ4v) is 3.40. The van der Waals surface area contributed by atoms with Crippen molar-refractivity contribution in [3.05, 3.63) is 29.8 Å². The highest BCUT2D eigenvalue weighted by molar-refractivity contribution is 9.09. The van der Waals surface area contributed by atoms with Gasteiger partial charge in [0.2, 0.25) is 0 Å². The summed E-state index contributed by atoms with van der Waals surface area (Å²) < 4.78 is 37.7. The molecule has 1 aromatic rings. The van der Waals surface area contributed by atoms with Gasteiger partial charge >= 0.3 is 6.18 Å². The summed E-state index contributed by atoms with van der Waals surface area (Å²) in [5.41, 5.74) is -0.556. The van der Waals surface area contributed by atoms with E-state index in [1.807, 2.05) is 0 Å². The molecule has 0 aliphatic heterocycles. The first-order valence-electron chi connectivity index (χ1n) is 7.40. The summed E-state index contributed by atoms with van der Waals surface area (Å²) in [4.78, 5) is 0.710. The van der Waals surface area contributed by atoms with Crippen molar-refractivity contribution in [3.63, 3.8) is 0 Å². The van der Waals surface area contributed by atoms with Crippen LogP contribution in [0, 0.1) is 0 Å². The third-order valence-electron chi connectivity index (χ3n) is 3.21. The monoisotopic (exact) mass is 382 g/mol. The van der Waals surface area contributed by atoms with Crippen LogP contribution in [0.5, 0.6) is 0 Å². The van der Waals surface area contributed by atoms with E-state index in [0.29, 0.717) is 4.90 Å². The summed E-state index contributed by atoms with van der Waals surface area (Å²) in [6.07, 6.45) is 4.29. The minimum absolute atomic E-state index is 0.556. The van der Waals surface area contributed by atoms with Crippen LogP contribution in [0.3, 0.4) is 0 Å². The predicted molar refractivity (Wildman–Crippen MR) is 88.3 cm³/mol. The molecule has 0 N–H and O–H groups in total. The minimum Gasteiger partial charge on any atom is -0.166 e. The molecule has 0 heterocycles. The van der Waals surface area contributed by atoms with Gasteiger partial charge in [-0.1, -0.05) is 54.1 Å². The minimum atomic E-state index is -4.24. The van der Waals surface area contributed by atoms with Gasteiger partial charge in [0, 0.05) is 10.2 Å². The second kappa shape index (κ2) is 10.5. The fourth-order valence-electron chi connectivity index (χ4n) is 2.03. The van der Waals surface area contributed by atoms with Gasteiger partial charge < -0.3 is 0 Å². The molecule has 120 valence electrons. The van der Waals surface area contributed by atoms with Crippen LogP contribution in [-0.4, -0.2) is 11.1 Å².